The summed E-state index contributed by atoms with van der Waals surface area (Å²) in [6, 6.07) is 5.07. The Hall–Kier alpha value is -3.76. The number of amides is 1. The van der Waals surface area contributed by atoms with Crippen LogP contribution in [0.5, 0.6) is 5.88 Å². The first-order chi connectivity index (χ1) is 13.2. The number of aromatic amines is 1. The number of nitro groups is 1. The molecule has 146 valence electrons. The first-order valence-corrected chi connectivity index (χ1v) is 8.41. The number of benzene rings is 1. The first-order valence-electron chi connectivity index (χ1n) is 8.41. The van der Waals surface area contributed by atoms with Crippen LogP contribution in [0.3, 0.4) is 0 Å². The van der Waals surface area contributed by atoms with E-state index in [4.69, 9.17) is 0 Å². The zero-order valence-corrected chi connectivity index (χ0v) is 15.1. The number of rotatable bonds is 4. The summed E-state index contributed by atoms with van der Waals surface area (Å²) in [5, 5.41) is 26.5. The van der Waals surface area contributed by atoms with Crippen LogP contribution < -0.4 is 11.2 Å². The largest absolute Gasteiger partial charge is 0.494 e. The predicted octanol–water partition coefficient (Wildman–Crippen LogP) is 0.775. The molecule has 1 aliphatic heterocycles. The average Bonchev–Trinajstić information content (AvgIpc) is 3.10. The molecule has 1 atom stereocenters. The van der Waals surface area contributed by atoms with E-state index in [2.05, 4.69) is 10.1 Å². The van der Waals surface area contributed by atoms with Gasteiger partial charge in [-0.15, -0.1) is 0 Å². The fourth-order valence-corrected chi connectivity index (χ4v) is 3.00. The van der Waals surface area contributed by atoms with E-state index < -0.39 is 28.1 Å². The minimum absolute atomic E-state index is 0.0941. The van der Waals surface area contributed by atoms with Crippen LogP contribution in [0.25, 0.3) is 0 Å². The molecule has 1 amide bonds. The van der Waals surface area contributed by atoms with Crippen molar-refractivity contribution in [3.63, 3.8) is 0 Å². The van der Waals surface area contributed by atoms with Crippen molar-refractivity contribution < 1.29 is 14.8 Å². The Balaban J connectivity index is 2.06. The molecule has 28 heavy (non-hydrogen) atoms. The minimum Gasteiger partial charge on any atom is -0.494 e. The topological polar surface area (TPSA) is 151 Å². The number of hydrazone groups is 1. The van der Waals surface area contributed by atoms with E-state index in [1.807, 2.05) is 0 Å². The lowest BCUT2D eigenvalue weighted by atomic mass is 9.99. The summed E-state index contributed by atoms with van der Waals surface area (Å²) < 4.78 is 0.866. The van der Waals surface area contributed by atoms with E-state index in [-0.39, 0.29) is 35.7 Å². The molecule has 0 saturated heterocycles. The van der Waals surface area contributed by atoms with E-state index >= 15 is 0 Å². The van der Waals surface area contributed by atoms with Gasteiger partial charge >= 0.3 is 5.69 Å². The van der Waals surface area contributed by atoms with Crippen molar-refractivity contribution in [2.24, 2.45) is 12.1 Å². The number of carbonyl (C=O) groups excluding carboxylic acids is 1. The lowest BCUT2D eigenvalue weighted by molar-refractivity contribution is -0.384. The van der Waals surface area contributed by atoms with Crippen molar-refractivity contribution in [2.75, 3.05) is 0 Å². The maximum Gasteiger partial charge on any atom is 0.330 e. The molecule has 0 bridgehead atoms. The number of nitrogens with one attached hydrogen (secondary N) is 1. The third-order valence-corrected chi connectivity index (χ3v) is 4.54. The fraction of sp³-hybridized carbons (Fsp3) is 0.294. The molecular weight excluding hydrogens is 370 g/mol. The lowest BCUT2D eigenvalue weighted by Gasteiger charge is -2.21. The van der Waals surface area contributed by atoms with Gasteiger partial charge in [0.25, 0.3) is 11.2 Å². The van der Waals surface area contributed by atoms with Gasteiger partial charge < -0.3 is 5.11 Å². The number of nitro benzene ring substituents is 1. The summed E-state index contributed by atoms with van der Waals surface area (Å²) >= 11 is 0. The van der Waals surface area contributed by atoms with Crippen LogP contribution in [0, 0.1) is 10.1 Å². The van der Waals surface area contributed by atoms with Crippen LogP contribution >= 0.6 is 0 Å². The van der Waals surface area contributed by atoms with Crippen molar-refractivity contribution >= 4 is 17.3 Å². The van der Waals surface area contributed by atoms with Crippen molar-refractivity contribution in [1.29, 1.82) is 0 Å². The van der Waals surface area contributed by atoms with Crippen molar-refractivity contribution in [3.05, 3.63) is 66.3 Å². The fourth-order valence-electron chi connectivity index (χ4n) is 3.00. The van der Waals surface area contributed by atoms with Gasteiger partial charge in [-0.1, -0.05) is 19.1 Å². The average molecular weight is 387 g/mol. The van der Waals surface area contributed by atoms with Gasteiger partial charge in [0.2, 0.25) is 11.8 Å². The van der Waals surface area contributed by atoms with E-state index in [9.17, 15) is 29.6 Å². The Labute approximate surface area is 157 Å². The lowest BCUT2D eigenvalue weighted by Crippen LogP contribution is -2.32. The number of aromatic hydroxyl groups is 1. The highest BCUT2D eigenvalue weighted by Crippen LogP contribution is 2.34. The standard InChI is InChI=1S/C17H17N5O6/c1-3-13(23)21-12(9-4-6-10(7-5-9)22(27)28)8-11(19-21)14-15(24)18-17(26)20(2)16(14)25/h4-7,12,25H,3,8H2,1-2H3,(H,18,24,26)/t12-/m1/s1. The summed E-state index contributed by atoms with van der Waals surface area (Å²) in [7, 11) is 1.29. The molecule has 2 aromatic rings. The molecule has 1 aromatic carbocycles. The van der Waals surface area contributed by atoms with Gasteiger partial charge in [-0.25, -0.2) is 9.80 Å². The first kappa shape index (κ1) is 19.0. The highest BCUT2D eigenvalue weighted by atomic mass is 16.6. The molecule has 0 saturated carbocycles. The Kier molecular flexibility index (Phi) is 4.82. The van der Waals surface area contributed by atoms with Crippen LogP contribution in [0.15, 0.2) is 39.0 Å². The summed E-state index contributed by atoms with van der Waals surface area (Å²) in [4.78, 5) is 48.6. The highest BCUT2D eigenvalue weighted by molar-refractivity contribution is 6.04. The summed E-state index contributed by atoms with van der Waals surface area (Å²) in [5.41, 5.74) is -1.15. The molecule has 0 aliphatic carbocycles. The molecule has 0 radical (unpaired) electrons. The number of aromatic nitrogens is 2. The molecule has 0 spiro atoms. The Bertz CT molecular complexity index is 1100. The van der Waals surface area contributed by atoms with Crippen LogP contribution in [0.1, 0.15) is 36.9 Å². The molecular formula is C17H17N5O6. The molecule has 11 heteroatoms. The number of H-pyrrole nitrogens is 1. The predicted molar refractivity (Wildman–Crippen MR) is 98.1 cm³/mol. The number of hydrogen-bond donors (Lipinski definition) is 2. The molecule has 11 nitrogen and oxygen atoms in total. The van der Waals surface area contributed by atoms with Crippen molar-refractivity contribution in [2.45, 2.75) is 25.8 Å². The second-order valence-electron chi connectivity index (χ2n) is 6.22. The van der Waals surface area contributed by atoms with Gasteiger partial charge in [0.1, 0.15) is 5.56 Å². The summed E-state index contributed by atoms with van der Waals surface area (Å²) in [6.45, 7) is 1.65. The van der Waals surface area contributed by atoms with E-state index in [1.54, 1.807) is 6.92 Å². The number of non-ortho nitro benzene ring substituents is 1. The Morgan fingerprint density at radius 3 is 2.57 bits per heavy atom. The third kappa shape index (κ3) is 3.17. The van der Waals surface area contributed by atoms with Crippen molar-refractivity contribution in [3.8, 4) is 5.88 Å². The Morgan fingerprint density at radius 2 is 2.00 bits per heavy atom. The monoisotopic (exact) mass is 387 g/mol. The van der Waals surface area contributed by atoms with Crippen LogP contribution in [-0.4, -0.2) is 36.2 Å². The van der Waals surface area contributed by atoms with Gasteiger partial charge in [-0.05, 0) is 5.56 Å². The second kappa shape index (κ2) is 7.10. The second-order valence-corrected chi connectivity index (χ2v) is 6.22. The quantitative estimate of drug-likeness (QED) is 0.584. The van der Waals surface area contributed by atoms with E-state index in [1.165, 1.54) is 36.3 Å². The number of hydrogen-bond acceptors (Lipinski definition) is 7. The molecule has 1 aliphatic rings. The third-order valence-electron chi connectivity index (χ3n) is 4.54. The SMILES string of the molecule is CCC(=O)N1N=C(c2c(O)n(C)c(=O)[nH]c2=O)C[C@@H]1c1ccc([N+](=O)[O-])cc1. The zero-order chi connectivity index (χ0) is 20.6. The molecule has 0 fully saturated rings. The van der Waals surface area contributed by atoms with Gasteiger partial charge in [-0.3, -0.25) is 29.3 Å². The van der Waals surface area contributed by atoms with Crippen LogP contribution in [-0.2, 0) is 11.8 Å². The van der Waals surface area contributed by atoms with E-state index in [0.29, 0.717) is 5.56 Å². The minimum atomic E-state index is -0.812. The molecule has 0 unspecified atom stereocenters. The van der Waals surface area contributed by atoms with Gasteiger partial charge in [-0.2, -0.15) is 5.10 Å². The Morgan fingerprint density at radius 1 is 1.36 bits per heavy atom. The molecule has 1 aromatic heterocycles. The summed E-state index contributed by atoms with van der Waals surface area (Å²) in [6.07, 6.45) is 0.244. The van der Waals surface area contributed by atoms with Crippen molar-refractivity contribution in [1.82, 2.24) is 14.6 Å². The number of carbonyl (C=O) groups is 1. The maximum atomic E-state index is 12.3. The zero-order valence-electron chi connectivity index (χ0n) is 15.1. The smallest absolute Gasteiger partial charge is 0.330 e. The maximum absolute atomic E-state index is 12.3. The molecule has 2 heterocycles. The van der Waals surface area contributed by atoms with E-state index in [0.717, 1.165) is 4.57 Å². The molecule has 3 rings (SSSR count). The van der Waals surface area contributed by atoms with Crippen LogP contribution in [0.4, 0.5) is 5.69 Å². The summed E-state index contributed by atoms with van der Waals surface area (Å²) in [5.74, 6) is -0.875. The number of nitrogens with zero attached hydrogens (tertiary/aromatic N) is 4. The highest BCUT2D eigenvalue weighted by Gasteiger charge is 2.35. The van der Waals surface area contributed by atoms with Gasteiger partial charge in [0.15, 0.2) is 0 Å². The molecule has 2 N–H and O–H groups in total. The van der Waals surface area contributed by atoms with Gasteiger partial charge in [0.05, 0.1) is 16.7 Å². The normalized spacial score (nSPS) is 16.1. The van der Waals surface area contributed by atoms with Crippen LogP contribution in [0.2, 0.25) is 0 Å². The van der Waals surface area contributed by atoms with Gasteiger partial charge in [0, 0.05) is 32.0 Å².